The summed E-state index contributed by atoms with van der Waals surface area (Å²) in [5.74, 6) is -0.590. The van der Waals surface area contributed by atoms with Gasteiger partial charge in [0.15, 0.2) is 0 Å². The van der Waals surface area contributed by atoms with Crippen LogP contribution in [0.25, 0.3) is 0 Å². The number of nitrogens with one attached hydrogen (secondary N) is 1. The summed E-state index contributed by atoms with van der Waals surface area (Å²) in [6.07, 6.45) is 2.88. The molecule has 1 aromatic rings. The van der Waals surface area contributed by atoms with Crippen molar-refractivity contribution in [3.8, 4) is 0 Å². The molecule has 0 aliphatic rings. The Morgan fingerprint density at radius 2 is 2.12 bits per heavy atom. The van der Waals surface area contributed by atoms with E-state index < -0.39 is 10.7 Å². The third-order valence-electron chi connectivity index (χ3n) is 2.59. The Kier molecular flexibility index (Phi) is 4.87. The number of hydrogen-bond donors (Lipinski definition) is 1. The third kappa shape index (κ3) is 4.01. The zero-order valence-electron chi connectivity index (χ0n) is 10.1. The molecule has 0 bridgehead atoms. The Balaban J connectivity index is 2.86. The van der Waals surface area contributed by atoms with Crippen molar-refractivity contribution in [2.45, 2.75) is 39.2 Å². The van der Waals surface area contributed by atoms with Crippen LogP contribution in [0.15, 0.2) is 18.2 Å². The molecule has 1 unspecified atom stereocenters. The third-order valence-corrected chi connectivity index (χ3v) is 2.59. The number of anilines is 1. The molecule has 17 heavy (non-hydrogen) atoms. The first-order valence-corrected chi connectivity index (χ1v) is 5.78. The second-order valence-electron chi connectivity index (χ2n) is 3.99. The van der Waals surface area contributed by atoms with Gasteiger partial charge >= 0.3 is 0 Å². The van der Waals surface area contributed by atoms with E-state index in [9.17, 15) is 14.5 Å². The quantitative estimate of drug-likeness (QED) is 0.609. The van der Waals surface area contributed by atoms with Gasteiger partial charge in [0.1, 0.15) is 5.82 Å². The lowest BCUT2D eigenvalue weighted by atomic mass is 10.1. The van der Waals surface area contributed by atoms with Crippen LogP contribution in [0.4, 0.5) is 15.8 Å². The van der Waals surface area contributed by atoms with E-state index in [1.54, 1.807) is 0 Å². The summed E-state index contributed by atoms with van der Waals surface area (Å²) in [5, 5.41) is 13.7. The normalized spacial score (nSPS) is 12.2. The van der Waals surface area contributed by atoms with Crippen molar-refractivity contribution in [1.29, 1.82) is 0 Å². The number of nitro groups is 1. The fourth-order valence-electron chi connectivity index (χ4n) is 1.73. The molecule has 0 radical (unpaired) electrons. The van der Waals surface area contributed by atoms with E-state index in [0.29, 0.717) is 5.69 Å². The minimum atomic E-state index is -0.590. The number of non-ortho nitro benzene ring substituents is 1. The molecule has 0 heterocycles. The topological polar surface area (TPSA) is 55.2 Å². The summed E-state index contributed by atoms with van der Waals surface area (Å²) in [4.78, 5) is 10.0. The Labute approximate surface area is 100.0 Å². The average molecular weight is 240 g/mol. The molecular weight excluding hydrogens is 223 g/mol. The predicted molar refractivity (Wildman–Crippen MR) is 65.7 cm³/mol. The summed E-state index contributed by atoms with van der Waals surface area (Å²) in [5.41, 5.74) is 0.246. The highest BCUT2D eigenvalue weighted by atomic mass is 19.1. The minimum Gasteiger partial charge on any atom is -0.382 e. The van der Waals surface area contributed by atoms with Crippen molar-refractivity contribution in [2.75, 3.05) is 5.32 Å². The van der Waals surface area contributed by atoms with E-state index in [2.05, 4.69) is 12.2 Å². The lowest BCUT2D eigenvalue weighted by Gasteiger charge is -2.17. The van der Waals surface area contributed by atoms with E-state index in [4.69, 9.17) is 0 Å². The van der Waals surface area contributed by atoms with Crippen LogP contribution in [0.5, 0.6) is 0 Å². The van der Waals surface area contributed by atoms with Crippen LogP contribution < -0.4 is 5.32 Å². The summed E-state index contributed by atoms with van der Waals surface area (Å²) < 4.78 is 13.2. The van der Waals surface area contributed by atoms with Gasteiger partial charge < -0.3 is 5.32 Å². The molecule has 0 saturated carbocycles. The molecular formula is C12H17FN2O2. The van der Waals surface area contributed by atoms with Crippen molar-refractivity contribution < 1.29 is 9.31 Å². The van der Waals surface area contributed by atoms with E-state index in [-0.39, 0.29) is 11.7 Å². The Morgan fingerprint density at radius 1 is 1.41 bits per heavy atom. The number of hydrogen-bond acceptors (Lipinski definition) is 3. The molecule has 0 aromatic heterocycles. The van der Waals surface area contributed by atoms with Gasteiger partial charge in [-0.15, -0.1) is 0 Å². The molecule has 5 heteroatoms. The zero-order chi connectivity index (χ0) is 12.8. The van der Waals surface area contributed by atoms with Gasteiger partial charge in [0.05, 0.1) is 11.0 Å². The summed E-state index contributed by atoms with van der Waals surface area (Å²) in [6.45, 7) is 4.10. The molecule has 0 spiro atoms. The first kappa shape index (κ1) is 13.4. The van der Waals surface area contributed by atoms with Gasteiger partial charge in [-0.3, -0.25) is 10.1 Å². The van der Waals surface area contributed by atoms with Gasteiger partial charge in [0.25, 0.3) is 5.69 Å². The first-order chi connectivity index (χ1) is 8.06. The Hall–Kier alpha value is -1.65. The summed E-state index contributed by atoms with van der Waals surface area (Å²) in [7, 11) is 0. The van der Waals surface area contributed by atoms with Gasteiger partial charge in [-0.1, -0.05) is 20.3 Å². The lowest BCUT2D eigenvalue weighted by molar-refractivity contribution is -0.385. The molecule has 4 nitrogen and oxygen atoms in total. The maximum atomic E-state index is 13.2. The number of rotatable bonds is 6. The molecule has 1 atom stereocenters. The zero-order valence-corrected chi connectivity index (χ0v) is 10.1. The van der Waals surface area contributed by atoms with Crippen LogP contribution in [-0.4, -0.2) is 11.0 Å². The monoisotopic (exact) mass is 240 g/mol. The number of nitrogens with zero attached hydrogens (tertiary/aromatic N) is 1. The number of nitro benzene ring substituents is 1. The van der Waals surface area contributed by atoms with Crippen LogP contribution in [-0.2, 0) is 0 Å². The van der Waals surface area contributed by atoms with Crippen LogP contribution in [0.2, 0.25) is 0 Å². The highest BCUT2D eigenvalue weighted by Gasteiger charge is 2.12. The molecule has 0 fully saturated rings. The Bertz CT molecular complexity index is 396. The van der Waals surface area contributed by atoms with Gasteiger partial charge in [0.2, 0.25) is 0 Å². The molecule has 0 amide bonds. The molecule has 1 N–H and O–H groups in total. The minimum absolute atomic E-state index is 0.223. The Morgan fingerprint density at radius 3 is 2.65 bits per heavy atom. The van der Waals surface area contributed by atoms with Gasteiger partial charge in [-0.2, -0.15) is 0 Å². The average Bonchev–Trinajstić information content (AvgIpc) is 2.27. The van der Waals surface area contributed by atoms with Crippen molar-refractivity contribution in [2.24, 2.45) is 0 Å². The van der Waals surface area contributed by atoms with E-state index in [0.717, 1.165) is 25.3 Å². The predicted octanol–water partition coefficient (Wildman–Crippen LogP) is 3.72. The van der Waals surface area contributed by atoms with Crippen LogP contribution in [0.3, 0.4) is 0 Å². The van der Waals surface area contributed by atoms with Crippen LogP contribution in [0.1, 0.15) is 33.1 Å². The highest BCUT2D eigenvalue weighted by Crippen LogP contribution is 2.21. The van der Waals surface area contributed by atoms with Crippen LogP contribution >= 0.6 is 0 Å². The SMILES string of the molecule is CCCC(CC)Nc1cc(F)cc([N+](=O)[O-])c1. The molecule has 0 aliphatic heterocycles. The fourth-order valence-corrected chi connectivity index (χ4v) is 1.73. The van der Waals surface area contributed by atoms with Gasteiger partial charge in [-0.25, -0.2) is 4.39 Å². The maximum Gasteiger partial charge on any atom is 0.274 e. The molecule has 0 aliphatic carbocycles. The molecule has 1 aromatic carbocycles. The van der Waals surface area contributed by atoms with Crippen LogP contribution in [0, 0.1) is 15.9 Å². The van der Waals surface area contributed by atoms with Gasteiger partial charge in [0, 0.05) is 17.8 Å². The van der Waals surface area contributed by atoms with Crippen molar-refractivity contribution in [3.63, 3.8) is 0 Å². The van der Waals surface area contributed by atoms with E-state index in [1.165, 1.54) is 12.1 Å². The maximum absolute atomic E-state index is 13.2. The summed E-state index contributed by atoms with van der Waals surface area (Å²) >= 11 is 0. The first-order valence-electron chi connectivity index (χ1n) is 5.78. The second kappa shape index (κ2) is 6.18. The molecule has 0 saturated heterocycles. The fraction of sp³-hybridized carbons (Fsp3) is 0.500. The molecule has 94 valence electrons. The van der Waals surface area contributed by atoms with Crippen molar-refractivity contribution in [3.05, 3.63) is 34.1 Å². The van der Waals surface area contributed by atoms with Crippen molar-refractivity contribution >= 4 is 11.4 Å². The van der Waals surface area contributed by atoms with E-state index >= 15 is 0 Å². The lowest BCUT2D eigenvalue weighted by Crippen LogP contribution is -2.18. The van der Waals surface area contributed by atoms with E-state index in [1.807, 2.05) is 6.92 Å². The highest BCUT2D eigenvalue weighted by molar-refractivity contribution is 5.52. The summed E-state index contributed by atoms with van der Waals surface area (Å²) in [6, 6.07) is 3.79. The second-order valence-corrected chi connectivity index (χ2v) is 3.99. The van der Waals surface area contributed by atoms with Gasteiger partial charge in [-0.05, 0) is 18.9 Å². The smallest absolute Gasteiger partial charge is 0.274 e. The standard InChI is InChI=1S/C12H17FN2O2/c1-3-5-10(4-2)14-11-6-9(13)7-12(8-11)15(16)17/h6-8,10,14H,3-5H2,1-2H3. The van der Waals surface area contributed by atoms with Crippen molar-refractivity contribution in [1.82, 2.24) is 0 Å². The number of halogens is 1. The largest absolute Gasteiger partial charge is 0.382 e. The molecule has 1 rings (SSSR count). The number of benzene rings is 1.